The summed E-state index contributed by atoms with van der Waals surface area (Å²) in [5.41, 5.74) is -0.00481. The largest absolute Gasteiger partial charge is 0.569 e. The molecule has 0 aliphatic rings. The van der Waals surface area contributed by atoms with E-state index < -0.39 is 11.7 Å². The number of hydrogen-bond donors (Lipinski definition) is 2. The van der Waals surface area contributed by atoms with Crippen LogP contribution >= 0.6 is 11.3 Å². The predicted molar refractivity (Wildman–Crippen MR) is 78.1 cm³/mol. The van der Waals surface area contributed by atoms with Crippen molar-refractivity contribution in [2.24, 2.45) is 0 Å². The SMILES string of the molecule is CC(C)(C)OC(=O)Nc1nc2c(O[B]O)cccc2s1. The normalized spacial score (nSPS) is 11.2. The molecule has 0 saturated heterocycles. The summed E-state index contributed by atoms with van der Waals surface area (Å²) in [5.74, 6) is 0.415. The molecular formula is C12H14BN2O4S. The van der Waals surface area contributed by atoms with Gasteiger partial charge in [-0.1, -0.05) is 17.4 Å². The smallest absolute Gasteiger partial charge is 0.536 e. The van der Waals surface area contributed by atoms with Crippen molar-refractivity contribution in [1.82, 2.24) is 4.98 Å². The Labute approximate surface area is 121 Å². The molecule has 0 atom stereocenters. The molecule has 1 radical (unpaired) electrons. The molecule has 0 saturated carbocycles. The Hall–Kier alpha value is -1.80. The van der Waals surface area contributed by atoms with Crippen molar-refractivity contribution >= 4 is 40.5 Å². The molecule has 0 unspecified atom stereocenters. The molecule has 1 heterocycles. The van der Waals surface area contributed by atoms with E-state index in [1.807, 2.05) is 6.07 Å². The summed E-state index contributed by atoms with van der Waals surface area (Å²) in [6, 6.07) is 5.29. The number of fused-ring (bicyclic) bond motifs is 1. The van der Waals surface area contributed by atoms with Crippen LogP contribution in [0.25, 0.3) is 10.2 Å². The number of anilines is 1. The van der Waals surface area contributed by atoms with Crippen LogP contribution in [0, 0.1) is 0 Å². The first-order valence-electron chi connectivity index (χ1n) is 5.91. The van der Waals surface area contributed by atoms with Crippen LogP contribution < -0.4 is 9.97 Å². The monoisotopic (exact) mass is 293 g/mol. The van der Waals surface area contributed by atoms with E-state index in [4.69, 9.17) is 14.4 Å². The van der Waals surface area contributed by atoms with E-state index in [-0.39, 0.29) is 0 Å². The van der Waals surface area contributed by atoms with Crippen molar-refractivity contribution in [3.05, 3.63) is 18.2 Å². The second-order valence-electron chi connectivity index (χ2n) is 4.97. The molecular weight excluding hydrogens is 279 g/mol. The molecule has 0 fully saturated rings. The van der Waals surface area contributed by atoms with Crippen LogP contribution in [0.1, 0.15) is 20.8 Å². The van der Waals surface area contributed by atoms with Crippen LogP contribution in [0.3, 0.4) is 0 Å². The van der Waals surface area contributed by atoms with Gasteiger partial charge in [-0.3, -0.25) is 5.32 Å². The number of thiazole rings is 1. The highest BCUT2D eigenvalue weighted by atomic mass is 32.1. The predicted octanol–water partition coefficient (Wildman–Crippen LogP) is 2.55. The van der Waals surface area contributed by atoms with Crippen molar-refractivity contribution < 1.29 is 19.2 Å². The van der Waals surface area contributed by atoms with Crippen LogP contribution in [0.5, 0.6) is 5.75 Å². The number of rotatable bonds is 3. The van der Waals surface area contributed by atoms with Gasteiger partial charge in [-0.25, -0.2) is 9.78 Å². The average Bonchev–Trinajstić information content (AvgIpc) is 2.70. The fourth-order valence-corrected chi connectivity index (χ4v) is 2.39. The number of hydrogen-bond acceptors (Lipinski definition) is 6. The lowest BCUT2D eigenvalue weighted by atomic mass is 10.2. The van der Waals surface area contributed by atoms with Crippen molar-refractivity contribution in [3.63, 3.8) is 0 Å². The Bertz CT molecular complexity index is 623. The zero-order chi connectivity index (χ0) is 14.8. The highest BCUT2D eigenvalue weighted by Gasteiger charge is 2.18. The summed E-state index contributed by atoms with van der Waals surface area (Å²) in [6.45, 7) is 5.36. The zero-order valence-electron chi connectivity index (χ0n) is 11.3. The number of ether oxygens (including phenoxy) is 1. The second-order valence-corrected chi connectivity index (χ2v) is 6.00. The number of nitrogens with one attached hydrogen (secondary N) is 1. The van der Waals surface area contributed by atoms with E-state index in [0.717, 1.165) is 4.70 Å². The molecule has 2 aromatic rings. The Kier molecular flexibility index (Phi) is 4.15. The van der Waals surface area contributed by atoms with Crippen molar-refractivity contribution in [3.8, 4) is 5.75 Å². The molecule has 2 rings (SSSR count). The van der Waals surface area contributed by atoms with Gasteiger partial charge in [-0.05, 0) is 32.9 Å². The van der Waals surface area contributed by atoms with Gasteiger partial charge in [-0.15, -0.1) is 0 Å². The van der Waals surface area contributed by atoms with E-state index in [1.54, 1.807) is 32.9 Å². The first kappa shape index (κ1) is 14.6. The summed E-state index contributed by atoms with van der Waals surface area (Å²) in [6.07, 6.45) is -0.562. The van der Waals surface area contributed by atoms with E-state index in [1.165, 1.54) is 11.3 Å². The highest BCUT2D eigenvalue weighted by Crippen LogP contribution is 2.32. The Balaban J connectivity index is 2.20. The summed E-state index contributed by atoms with van der Waals surface area (Å²) in [7, 11) is 0.592. The Morgan fingerprint density at radius 2 is 2.20 bits per heavy atom. The van der Waals surface area contributed by atoms with Gasteiger partial charge in [0.1, 0.15) is 16.9 Å². The first-order valence-corrected chi connectivity index (χ1v) is 6.73. The van der Waals surface area contributed by atoms with Gasteiger partial charge in [0.15, 0.2) is 5.13 Å². The number of para-hydroxylation sites is 1. The van der Waals surface area contributed by atoms with Crippen LogP contribution in [0.15, 0.2) is 18.2 Å². The van der Waals surface area contributed by atoms with Crippen LogP contribution in [0.2, 0.25) is 0 Å². The Morgan fingerprint density at radius 3 is 2.85 bits per heavy atom. The third-order valence-electron chi connectivity index (χ3n) is 2.17. The minimum Gasteiger partial charge on any atom is -0.536 e. The van der Waals surface area contributed by atoms with E-state index in [9.17, 15) is 4.79 Å². The Morgan fingerprint density at radius 1 is 1.45 bits per heavy atom. The molecule has 1 aromatic heterocycles. The number of nitrogens with zero attached hydrogens (tertiary/aromatic N) is 1. The number of carbonyl (C=O) groups is 1. The average molecular weight is 293 g/mol. The maximum Gasteiger partial charge on any atom is 0.569 e. The lowest BCUT2D eigenvalue weighted by molar-refractivity contribution is 0.0636. The first-order chi connectivity index (χ1) is 9.39. The fraction of sp³-hybridized carbons (Fsp3) is 0.333. The lowest BCUT2D eigenvalue weighted by Gasteiger charge is -2.18. The standard InChI is InChI=1S/C12H14BN2O4S/c1-12(2,3)18-11(16)15-10-14-9-7(19-13-17)5-4-6-8(9)20-10/h4-6,17H,1-3H3,(H,14,15,16). The summed E-state index contributed by atoms with van der Waals surface area (Å²) in [4.78, 5) is 15.9. The molecule has 2 N–H and O–H groups in total. The molecule has 105 valence electrons. The highest BCUT2D eigenvalue weighted by molar-refractivity contribution is 7.22. The minimum absolute atomic E-state index is 0.406. The van der Waals surface area contributed by atoms with Gasteiger partial charge in [0.25, 0.3) is 0 Å². The number of amides is 1. The van der Waals surface area contributed by atoms with Crippen LogP contribution in [-0.2, 0) is 4.74 Å². The third kappa shape index (κ3) is 3.61. The zero-order valence-corrected chi connectivity index (χ0v) is 12.2. The van der Waals surface area contributed by atoms with E-state index >= 15 is 0 Å². The van der Waals surface area contributed by atoms with Gasteiger partial charge < -0.3 is 14.4 Å². The second kappa shape index (κ2) is 5.68. The molecule has 0 bridgehead atoms. The number of aromatic nitrogens is 1. The molecule has 1 amide bonds. The van der Waals surface area contributed by atoms with Gasteiger partial charge in [0.05, 0.1) is 4.70 Å². The summed E-state index contributed by atoms with van der Waals surface area (Å²) in [5, 5.41) is 11.7. The molecule has 6 nitrogen and oxygen atoms in total. The van der Waals surface area contributed by atoms with Gasteiger partial charge in [0, 0.05) is 0 Å². The van der Waals surface area contributed by atoms with Crippen molar-refractivity contribution in [2.75, 3.05) is 5.32 Å². The molecule has 8 heteroatoms. The molecule has 0 spiro atoms. The van der Waals surface area contributed by atoms with E-state index in [2.05, 4.69) is 10.3 Å². The lowest BCUT2D eigenvalue weighted by Crippen LogP contribution is -2.27. The van der Waals surface area contributed by atoms with Crippen LogP contribution in [-0.4, -0.2) is 29.4 Å². The quantitative estimate of drug-likeness (QED) is 0.850. The van der Waals surface area contributed by atoms with E-state index in [0.29, 0.717) is 24.1 Å². The van der Waals surface area contributed by atoms with Gasteiger partial charge in [0.2, 0.25) is 0 Å². The third-order valence-corrected chi connectivity index (χ3v) is 3.11. The van der Waals surface area contributed by atoms with Gasteiger partial charge in [-0.2, -0.15) is 0 Å². The number of carbonyl (C=O) groups excluding carboxylic acids is 1. The topological polar surface area (TPSA) is 80.7 Å². The molecule has 20 heavy (non-hydrogen) atoms. The summed E-state index contributed by atoms with van der Waals surface area (Å²) < 4.78 is 10.9. The molecule has 1 aromatic carbocycles. The molecule has 0 aliphatic heterocycles. The minimum atomic E-state index is -0.569. The number of benzene rings is 1. The van der Waals surface area contributed by atoms with Gasteiger partial charge >= 0.3 is 13.8 Å². The maximum absolute atomic E-state index is 11.7. The fourth-order valence-electron chi connectivity index (χ4n) is 1.52. The molecule has 0 aliphatic carbocycles. The van der Waals surface area contributed by atoms with Crippen molar-refractivity contribution in [2.45, 2.75) is 26.4 Å². The van der Waals surface area contributed by atoms with Crippen molar-refractivity contribution in [1.29, 1.82) is 0 Å². The van der Waals surface area contributed by atoms with Crippen LogP contribution in [0.4, 0.5) is 9.93 Å². The summed E-state index contributed by atoms with van der Waals surface area (Å²) >= 11 is 1.29. The maximum atomic E-state index is 11.7.